The zero-order chi connectivity index (χ0) is 11.0. The molecule has 4 nitrogen and oxygen atoms in total. The molecule has 0 bridgehead atoms. The SMILES string of the molecule is COCC(C)(C)S(=O)(=O)C1(CN)CC1.Cl. The molecule has 0 radical (unpaired) electrons. The molecule has 15 heavy (non-hydrogen) atoms. The molecule has 0 amide bonds. The Kier molecular flexibility index (Phi) is 4.62. The molecule has 92 valence electrons. The Morgan fingerprint density at radius 3 is 2.13 bits per heavy atom. The van der Waals surface area contributed by atoms with Gasteiger partial charge in [0.1, 0.15) is 0 Å². The van der Waals surface area contributed by atoms with Crippen molar-refractivity contribution < 1.29 is 13.2 Å². The number of hydrogen-bond acceptors (Lipinski definition) is 4. The number of methoxy groups -OCH3 is 1. The topological polar surface area (TPSA) is 69.4 Å². The summed E-state index contributed by atoms with van der Waals surface area (Å²) >= 11 is 0. The van der Waals surface area contributed by atoms with E-state index in [2.05, 4.69) is 0 Å². The smallest absolute Gasteiger partial charge is 0.164 e. The van der Waals surface area contributed by atoms with Gasteiger partial charge in [0.25, 0.3) is 0 Å². The Balaban J connectivity index is 0.00000196. The largest absolute Gasteiger partial charge is 0.383 e. The van der Waals surface area contributed by atoms with Gasteiger partial charge in [0.15, 0.2) is 9.84 Å². The van der Waals surface area contributed by atoms with Crippen LogP contribution in [0.4, 0.5) is 0 Å². The fourth-order valence-electron chi connectivity index (χ4n) is 1.73. The summed E-state index contributed by atoms with van der Waals surface area (Å²) in [4.78, 5) is 0. The second kappa shape index (κ2) is 4.57. The molecule has 2 N–H and O–H groups in total. The van der Waals surface area contributed by atoms with Gasteiger partial charge >= 0.3 is 0 Å². The lowest BCUT2D eigenvalue weighted by molar-refractivity contribution is 0.174. The lowest BCUT2D eigenvalue weighted by atomic mass is 10.2. The first kappa shape index (κ1) is 15.2. The minimum atomic E-state index is -3.19. The van der Waals surface area contributed by atoms with Gasteiger partial charge in [-0.1, -0.05) is 0 Å². The monoisotopic (exact) mass is 257 g/mol. The Bertz CT molecular complexity index is 309. The van der Waals surface area contributed by atoms with Crippen molar-refractivity contribution in [1.82, 2.24) is 0 Å². The third kappa shape index (κ3) is 2.30. The van der Waals surface area contributed by atoms with E-state index in [0.717, 1.165) is 0 Å². The average molecular weight is 258 g/mol. The zero-order valence-corrected chi connectivity index (χ0v) is 11.1. The van der Waals surface area contributed by atoms with Gasteiger partial charge in [-0.05, 0) is 26.7 Å². The van der Waals surface area contributed by atoms with Crippen LogP contribution >= 0.6 is 12.4 Å². The van der Waals surface area contributed by atoms with Gasteiger partial charge in [-0.2, -0.15) is 0 Å². The van der Waals surface area contributed by atoms with E-state index in [1.165, 1.54) is 7.11 Å². The second-order valence-corrected chi connectivity index (χ2v) is 7.56. The lowest BCUT2D eigenvalue weighted by Crippen LogP contribution is -2.47. The number of halogens is 1. The van der Waals surface area contributed by atoms with E-state index in [-0.39, 0.29) is 25.6 Å². The Labute approximate surface area is 97.9 Å². The van der Waals surface area contributed by atoms with E-state index in [0.29, 0.717) is 12.8 Å². The summed E-state index contributed by atoms with van der Waals surface area (Å²) in [6.45, 7) is 3.84. The maximum atomic E-state index is 12.2. The highest BCUT2D eigenvalue weighted by molar-refractivity contribution is 7.94. The van der Waals surface area contributed by atoms with Crippen molar-refractivity contribution in [2.45, 2.75) is 36.2 Å². The quantitative estimate of drug-likeness (QED) is 0.789. The van der Waals surface area contributed by atoms with Gasteiger partial charge in [0, 0.05) is 13.7 Å². The van der Waals surface area contributed by atoms with E-state index in [1.807, 2.05) is 0 Å². The molecule has 0 spiro atoms. The number of sulfone groups is 1. The minimum absolute atomic E-state index is 0. The van der Waals surface area contributed by atoms with E-state index in [9.17, 15) is 8.42 Å². The predicted molar refractivity (Wildman–Crippen MR) is 63.1 cm³/mol. The molecule has 1 fully saturated rings. The van der Waals surface area contributed by atoms with Gasteiger partial charge < -0.3 is 10.5 Å². The number of hydrogen-bond donors (Lipinski definition) is 1. The molecular weight excluding hydrogens is 238 g/mol. The zero-order valence-electron chi connectivity index (χ0n) is 9.45. The van der Waals surface area contributed by atoms with E-state index >= 15 is 0 Å². The summed E-state index contributed by atoms with van der Waals surface area (Å²) in [5, 5.41) is 0. The summed E-state index contributed by atoms with van der Waals surface area (Å²) in [5.41, 5.74) is 5.53. The predicted octanol–water partition coefficient (Wildman–Crippen LogP) is 0.739. The Hall–Kier alpha value is 0.160. The molecule has 0 unspecified atom stereocenters. The first-order valence-corrected chi connectivity index (χ1v) is 6.24. The van der Waals surface area contributed by atoms with E-state index < -0.39 is 19.3 Å². The first-order valence-electron chi connectivity index (χ1n) is 4.76. The molecular formula is C9H20ClNO3S. The standard InChI is InChI=1S/C9H19NO3S.ClH/c1-8(2,7-13-3)14(11,12)9(6-10)4-5-9;/h4-7,10H2,1-3H3;1H. The summed E-state index contributed by atoms with van der Waals surface area (Å²) in [6.07, 6.45) is 1.39. The van der Waals surface area contributed by atoms with Crippen molar-refractivity contribution in [3.05, 3.63) is 0 Å². The van der Waals surface area contributed by atoms with Gasteiger partial charge in [0.05, 0.1) is 16.1 Å². The number of nitrogens with two attached hydrogens (primary N) is 1. The normalized spacial score (nSPS) is 19.5. The highest BCUT2D eigenvalue weighted by Crippen LogP contribution is 2.47. The molecule has 0 heterocycles. The molecule has 0 aromatic carbocycles. The molecule has 0 aromatic rings. The van der Waals surface area contributed by atoms with Crippen LogP contribution in [0.15, 0.2) is 0 Å². The van der Waals surface area contributed by atoms with Crippen molar-refractivity contribution in [3.8, 4) is 0 Å². The van der Waals surface area contributed by atoms with Crippen LogP contribution in [0.2, 0.25) is 0 Å². The van der Waals surface area contributed by atoms with Gasteiger partial charge in [0.2, 0.25) is 0 Å². The minimum Gasteiger partial charge on any atom is -0.383 e. The van der Waals surface area contributed by atoms with Crippen LogP contribution in [0.1, 0.15) is 26.7 Å². The average Bonchev–Trinajstić information content (AvgIpc) is 2.83. The fourth-order valence-corrected chi connectivity index (χ4v) is 4.04. The van der Waals surface area contributed by atoms with Crippen LogP contribution in [0, 0.1) is 0 Å². The second-order valence-electron chi connectivity index (χ2n) is 4.58. The van der Waals surface area contributed by atoms with Crippen molar-refractivity contribution in [1.29, 1.82) is 0 Å². The van der Waals surface area contributed by atoms with Crippen LogP contribution in [0.3, 0.4) is 0 Å². The first-order chi connectivity index (χ1) is 6.33. The van der Waals surface area contributed by atoms with Crippen molar-refractivity contribution in [2.24, 2.45) is 5.73 Å². The molecule has 1 saturated carbocycles. The molecule has 0 saturated heterocycles. The molecule has 1 rings (SSSR count). The maximum Gasteiger partial charge on any atom is 0.164 e. The van der Waals surface area contributed by atoms with Crippen molar-refractivity contribution >= 4 is 22.2 Å². The lowest BCUT2D eigenvalue weighted by Gasteiger charge is -2.28. The highest BCUT2D eigenvalue weighted by Gasteiger charge is 2.58. The maximum absolute atomic E-state index is 12.2. The van der Waals surface area contributed by atoms with Crippen molar-refractivity contribution in [3.63, 3.8) is 0 Å². The molecule has 0 atom stereocenters. The van der Waals surface area contributed by atoms with E-state index in [4.69, 9.17) is 10.5 Å². The molecule has 6 heteroatoms. The van der Waals surface area contributed by atoms with Crippen LogP contribution in [-0.2, 0) is 14.6 Å². The molecule has 0 aromatic heterocycles. The van der Waals surface area contributed by atoms with Crippen LogP contribution in [-0.4, -0.2) is 38.2 Å². The Morgan fingerprint density at radius 1 is 1.40 bits per heavy atom. The highest BCUT2D eigenvalue weighted by atomic mass is 35.5. The van der Waals surface area contributed by atoms with Gasteiger partial charge in [-0.3, -0.25) is 0 Å². The van der Waals surface area contributed by atoms with Crippen LogP contribution in [0.5, 0.6) is 0 Å². The third-order valence-corrected chi connectivity index (χ3v) is 6.26. The Morgan fingerprint density at radius 2 is 1.87 bits per heavy atom. The summed E-state index contributed by atoms with van der Waals surface area (Å²) < 4.78 is 27.8. The molecule has 1 aliphatic rings. The summed E-state index contributed by atoms with van der Waals surface area (Å²) in [7, 11) is -1.68. The summed E-state index contributed by atoms with van der Waals surface area (Å²) in [6, 6.07) is 0. The summed E-state index contributed by atoms with van der Waals surface area (Å²) in [5.74, 6) is 0. The third-order valence-electron chi connectivity index (χ3n) is 2.97. The van der Waals surface area contributed by atoms with Gasteiger partial charge in [-0.15, -0.1) is 12.4 Å². The van der Waals surface area contributed by atoms with E-state index in [1.54, 1.807) is 13.8 Å². The molecule has 0 aliphatic heterocycles. The van der Waals surface area contributed by atoms with Gasteiger partial charge in [-0.25, -0.2) is 8.42 Å². The van der Waals surface area contributed by atoms with Crippen LogP contribution < -0.4 is 5.73 Å². The number of ether oxygens (including phenoxy) is 1. The number of rotatable bonds is 5. The van der Waals surface area contributed by atoms with Crippen molar-refractivity contribution in [2.75, 3.05) is 20.3 Å². The van der Waals surface area contributed by atoms with Crippen LogP contribution in [0.25, 0.3) is 0 Å². The fraction of sp³-hybridized carbons (Fsp3) is 1.00. The molecule has 1 aliphatic carbocycles.